The summed E-state index contributed by atoms with van der Waals surface area (Å²) >= 11 is 0. The largest absolute Gasteiger partial charge is 0.445 e. The molecule has 2 aromatic rings. The molecule has 2 rings (SSSR count). The van der Waals surface area contributed by atoms with Crippen molar-refractivity contribution in [1.29, 1.82) is 0 Å². The molecule has 0 amide bonds. The minimum absolute atomic E-state index is 0.0484. The summed E-state index contributed by atoms with van der Waals surface area (Å²) in [7, 11) is 0. The first-order chi connectivity index (χ1) is 8.56. The van der Waals surface area contributed by atoms with Crippen LogP contribution in [0, 0.1) is 19.7 Å². The van der Waals surface area contributed by atoms with E-state index in [-0.39, 0.29) is 11.9 Å². The molecule has 0 bridgehead atoms. The second-order valence-electron chi connectivity index (χ2n) is 4.48. The number of hydrogen-bond donors (Lipinski definition) is 1. The lowest BCUT2D eigenvalue weighted by atomic mass is 10.1. The van der Waals surface area contributed by atoms with Crippen molar-refractivity contribution >= 4 is 0 Å². The lowest BCUT2D eigenvalue weighted by molar-refractivity contribution is 0.431. The average Bonchev–Trinajstić information content (AvgIpc) is 2.75. The van der Waals surface area contributed by atoms with Gasteiger partial charge in [0.15, 0.2) is 0 Å². The zero-order chi connectivity index (χ0) is 13.1. The predicted molar refractivity (Wildman–Crippen MR) is 67.6 cm³/mol. The molecule has 96 valence electrons. The van der Waals surface area contributed by atoms with E-state index in [1.807, 2.05) is 19.9 Å². The van der Waals surface area contributed by atoms with E-state index in [2.05, 4.69) is 10.3 Å². The summed E-state index contributed by atoms with van der Waals surface area (Å²) in [6, 6.07) is 5.33. The van der Waals surface area contributed by atoms with E-state index in [1.165, 1.54) is 0 Å². The Morgan fingerprint density at radius 1 is 1.39 bits per heavy atom. The predicted octanol–water partition coefficient (Wildman–Crippen LogP) is 3.28. The van der Waals surface area contributed by atoms with E-state index in [0.29, 0.717) is 18.0 Å². The van der Waals surface area contributed by atoms with Gasteiger partial charge in [0, 0.05) is 6.04 Å². The molecule has 0 saturated carbocycles. The van der Waals surface area contributed by atoms with Gasteiger partial charge in [-0.2, -0.15) is 0 Å². The third kappa shape index (κ3) is 2.96. The number of halogens is 1. The number of nitrogens with zero attached hydrogens (tertiary/aromatic N) is 1. The molecule has 1 unspecified atom stereocenters. The van der Waals surface area contributed by atoms with Crippen LogP contribution in [0.15, 0.2) is 28.8 Å². The van der Waals surface area contributed by atoms with Gasteiger partial charge in [-0.05, 0) is 38.0 Å². The summed E-state index contributed by atoms with van der Waals surface area (Å²) in [5.74, 6) is 1.26. The smallest absolute Gasteiger partial charge is 0.208 e. The third-order valence-corrected chi connectivity index (χ3v) is 2.92. The van der Waals surface area contributed by atoms with Crippen LogP contribution >= 0.6 is 0 Å². The normalized spacial score (nSPS) is 12.7. The quantitative estimate of drug-likeness (QED) is 0.902. The van der Waals surface area contributed by atoms with Crippen LogP contribution in [-0.4, -0.2) is 4.98 Å². The van der Waals surface area contributed by atoms with Gasteiger partial charge in [0.05, 0.1) is 12.7 Å². The Bertz CT molecular complexity index is 536. The van der Waals surface area contributed by atoms with Crippen molar-refractivity contribution in [3.8, 4) is 0 Å². The van der Waals surface area contributed by atoms with Crippen LogP contribution in [-0.2, 0) is 6.54 Å². The van der Waals surface area contributed by atoms with Crippen LogP contribution < -0.4 is 5.32 Å². The standard InChI is InChI=1S/C14H17FN2O/c1-9-4-5-12(6-13(9)15)11(3)16-8-14-17-7-10(2)18-14/h4-7,11,16H,8H2,1-3H3. The average molecular weight is 248 g/mol. The molecule has 3 nitrogen and oxygen atoms in total. The van der Waals surface area contributed by atoms with E-state index in [0.717, 1.165) is 11.3 Å². The van der Waals surface area contributed by atoms with Crippen LogP contribution in [0.5, 0.6) is 0 Å². The number of aryl methyl sites for hydroxylation is 2. The first kappa shape index (κ1) is 12.8. The number of nitrogens with one attached hydrogen (secondary N) is 1. The van der Waals surface area contributed by atoms with Gasteiger partial charge in [0.25, 0.3) is 0 Å². The van der Waals surface area contributed by atoms with Gasteiger partial charge in [-0.3, -0.25) is 0 Å². The Labute approximate surface area is 106 Å². The Morgan fingerprint density at radius 3 is 2.78 bits per heavy atom. The highest BCUT2D eigenvalue weighted by Crippen LogP contribution is 2.16. The minimum atomic E-state index is -0.173. The van der Waals surface area contributed by atoms with Gasteiger partial charge in [-0.25, -0.2) is 9.37 Å². The highest BCUT2D eigenvalue weighted by molar-refractivity contribution is 5.25. The van der Waals surface area contributed by atoms with Gasteiger partial charge in [0.1, 0.15) is 11.6 Å². The Hall–Kier alpha value is -1.68. The molecule has 0 fully saturated rings. The first-order valence-electron chi connectivity index (χ1n) is 5.97. The van der Waals surface area contributed by atoms with E-state index in [9.17, 15) is 4.39 Å². The molecule has 0 aliphatic rings. The number of oxazole rings is 1. The zero-order valence-electron chi connectivity index (χ0n) is 10.8. The highest BCUT2D eigenvalue weighted by Gasteiger charge is 2.09. The van der Waals surface area contributed by atoms with Crippen molar-refractivity contribution in [1.82, 2.24) is 10.3 Å². The maximum absolute atomic E-state index is 13.4. The maximum Gasteiger partial charge on any atom is 0.208 e. The fraction of sp³-hybridized carbons (Fsp3) is 0.357. The van der Waals surface area contributed by atoms with E-state index < -0.39 is 0 Å². The molecular weight excluding hydrogens is 231 g/mol. The highest BCUT2D eigenvalue weighted by atomic mass is 19.1. The summed E-state index contributed by atoms with van der Waals surface area (Å²) in [5, 5.41) is 3.25. The van der Waals surface area contributed by atoms with Crippen molar-refractivity contribution in [2.75, 3.05) is 0 Å². The Morgan fingerprint density at radius 2 is 2.17 bits per heavy atom. The van der Waals surface area contributed by atoms with Crippen molar-refractivity contribution < 1.29 is 8.81 Å². The van der Waals surface area contributed by atoms with Crippen molar-refractivity contribution in [3.63, 3.8) is 0 Å². The van der Waals surface area contributed by atoms with Gasteiger partial charge in [0.2, 0.25) is 5.89 Å². The topological polar surface area (TPSA) is 38.1 Å². The fourth-order valence-electron chi connectivity index (χ4n) is 1.72. The number of hydrogen-bond acceptors (Lipinski definition) is 3. The molecular formula is C14H17FN2O. The summed E-state index contributed by atoms with van der Waals surface area (Å²) < 4.78 is 18.8. The van der Waals surface area contributed by atoms with Crippen molar-refractivity contribution in [2.24, 2.45) is 0 Å². The molecule has 0 saturated heterocycles. The maximum atomic E-state index is 13.4. The monoisotopic (exact) mass is 248 g/mol. The molecule has 1 aromatic heterocycles. The summed E-state index contributed by atoms with van der Waals surface area (Å²) in [4.78, 5) is 4.11. The molecule has 0 spiro atoms. The van der Waals surface area contributed by atoms with Crippen LogP contribution in [0.4, 0.5) is 4.39 Å². The van der Waals surface area contributed by atoms with Crippen molar-refractivity contribution in [2.45, 2.75) is 33.4 Å². The van der Waals surface area contributed by atoms with Crippen LogP contribution in [0.3, 0.4) is 0 Å². The molecule has 4 heteroatoms. The van der Waals surface area contributed by atoms with E-state index in [1.54, 1.807) is 25.3 Å². The van der Waals surface area contributed by atoms with Crippen molar-refractivity contribution in [3.05, 3.63) is 53.0 Å². The van der Waals surface area contributed by atoms with Crippen LogP contribution in [0.2, 0.25) is 0 Å². The Balaban J connectivity index is 1.99. The van der Waals surface area contributed by atoms with Gasteiger partial charge in [-0.1, -0.05) is 12.1 Å². The third-order valence-electron chi connectivity index (χ3n) is 2.92. The first-order valence-corrected chi connectivity index (χ1v) is 5.97. The minimum Gasteiger partial charge on any atom is -0.445 e. The summed E-state index contributed by atoms with van der Waals surface area (Å²) in [6.45, 7) is 6.13. The second-order valence-corrected chi connectivity index (χ2v) is 4.48. The fourth-order valence-corrected chi connectivity index (χ4v) is 1.72. The van der Waals surface area contributed by atoms with Gasteiger partial charge < -0.3 is 9.73 Å². The van der Waals surface area contributed by atoms with Gasteiger partial charge >= 0.3 is 0 Å². The Kier molecular flexibility index (Phi) is 3.77. The SMILES string of the molecule is Cc1cnc(CNC(C)c2ccc(C)c(F)c2)o1. The summed E-state index contributed by atoms with van der Waals surface area (Å²) in [6.07, 6.45) is 1.69. The molecule has 18 heavy (non-hydrogen) atoms. The lowest BCUT2D eigenvalue weighted by Crippen LogP contribution is -2.18. The molecule has 0 aliphatic heterocycles. The van der Waals surface area contributed by atoms with E-state index >= 15 is 0 Å². The van der Waals surface area contributed by atoms with Gasteiger partial charge in [-0.15, -0.1) is 0 Å². The summed E-state index contributed by atoms with van der Waals surface area (Å²) in [5.41, 5.74) is 1.58. The molecule has 1 atom stereocenters. The number of benzene rings is 1. The number of aromatic nitrogens is 1. The second kappa shape index (κ2) is 5.31. The van der Waals surface area contributed by atoms with E-state index in [4.69, 9.17) is 4.42 Å². The number of rotatable bonds is 4. The zero-order valence-corrected chi connectivity index (χ0v) is 10.8. The molecule has 0 radical (unpaired) electrons. The lowest BCUT2D eigenvalue weighted by Gasteiger charge is -2.13. The van der Waals surface area contributed by atoms with Crippen LogP contribution in [0.25, 0.3) is 0 Å². The molecule has 1 N–H and O–H groups in total. The van der Waals surface area contributed by atoms with Crippen LogP contribution in [0.1, 0.15) is 35.7 Å². The molecule has 1 aromatic carbocycles. The molecule has 0 aliphatic carbocycles. The molecule has 1 heterocycles.